The van der Waals surface area contributed by atoms with E-state index in [2.05, 4.69) is 6.92 Å². The first-order valence-electron chi connectivity index (χ1n) is 7.48. The number of unbranched alkanes of at least 4 members (excludes halogenated alkanes) is 9. The lowest BCUT2D eigenvalue weighted by atomic mass is 10.0. The first kappa shape index (κ1) is 16.9. The van der Waals surface area contributed by atoms with Gasteiger partial charge < -0.3 is 9.84 Å². The van der Waals surface area contributed by atoms with Gasteiger partial charge in [0, 0.05) is 7.11 Å². The van der Waals surface area contributed by atoms with Crippen LogP contribution in [-0.2, 0) is 4.74 Å². The van der Waals surface area contributed by atoms with Crippen LogP contribution in [0.1, 0.15) is 77.6 Å². The molecule has 1 unspecified atom stereocenters. The van der Waals surface area contributed by atoms with Crippen LogP contribution in [0, 0.1) is 0 Å². The molecule has 0 aromatic heterocycles. The number of rotatable bonds is 13. The molecule has 17 heavy (non-hydrogen) atoms. The molecule has 0 radical (unpaired) electrons. The second-order valence-electron chi connectivity index (χ2n) is 5.01. The summed E-state index contributed by atoms with van der Waals surface area (Å²) in [5.41, 5.74) is 0. The molecule has 0 aliphatic carbocycles. The lowest BCUT2D eigenvalue weighted by molar-refractivity contribution is 0.0415. The van der Waals surface area contributed by atoms with Gasteiger partial charge in [-0.2, -0.15) is 0 Å². The van der Waals surface area contributed by atoms with Crippen molar-refractivity contribution in [2.75, 3.05) is 13.7 Å². The van der Waals surface area contributed by atoms with Crippen molar-refractivity contribution in [3.8, 4) is 0 Å². The van der Waals surface area contributed by atoms with Crippen LogP contribution >= 0.6 is 0 Å². The Morgan fingerprint density at radius 3 is 1.71 bits per heavy atom. The second kappa shape index (κ2) is 14.0. The molecule has 0 rings (SSSR count). The Morgan fingerprint density at radius 1 is 0.824 bits per heavy atom. The molecule has 0 saturated heterocycles. The molecule has 0 fully saturated rings. The van der Waals surface area contributed by atoms with E-state index in [0.29, 0.717) is 0 Å². The highest BCUT2D eigenvalue weighted by molar-refractivity contribution is 4.55. The maximum absolute atomic E-state index is 8.94. The highest BCUT2D eigenvalue weighted by atomic mass is 16.5. The van der Waals surface area contributed by atoms with Crippen molar-refractivity contribution in [1.82, 2.24) is 0 Å². The summed E-state index contributed by atoms with van der Waals surface area (Å²) in [6, 6.07) is 0. The Hall–Kier alpha value is -0.0800. The van der Waals surface area contributed by atoms with E-state index >= 15 is 0 Å². The van der Waals surface area contributed by atoms with E-state index in [1.165, 1.54) is 64.2 Å². The lowest BCUT2D eigenvalue weighted by Gasteiger charge is -2.11. The number of methoxy groups -OCH3 is 1. The maximum Gasteiger partial charge on any atom is 0.0802 e. The minimum absolute atomic E-state index is 0.0593. The summed E-state index contributed by atoms with van der Waals surface area (Å²) in [5.74, 6) is 0. The minimum atomic E-state index is 0.0593. The minimum Gasteiger partial charge on any atom is -0.394 e. The molecule has 0 saturated carbocycles. The molecule has 0 aliphatic rings. The van der Waals surface area contributed by atoms with Gasteiger partial charge in [-0.1, -0.05) is 71.1 Å². The van der Waals surface area contributed by atoms with Crippen molar-refractivity contribution < 1.29 is 9.84 Å². The van der Waals surface area contributed by atoms with Crippen molar-refractivity contribution in [2.45, 2.75) is 83.7 Å². The number of aliphatic hydroxyl groups is 1. The smallest absolute Gasteiger partial charge is 0.0802 e. The van der Waals surface area contributed by atoms with Crippen molar-refractivity contribution in [1.29, 1.82) is 0 Å². The third-order valence-electron chi connectivity index (χ3n) is 3.42. The first-order chi connectivity index (χ1) is 8.35. The summed E-state index contributed by atoms with van der Waals surface area (Å²) in [6.45, 7) is 2.42. The summed E-state index contributed by atoms with van der Waals surface area (Å²) < 4.78 is 5.13. The lowest BCUT2D eigenvalue weighted by Crippen LogP contribution is -2.14. The van der Waals surface area contributed by atoms with E-state index < -0.39 is 0 Å². The molecule has 0 aromatic rings. The Kier molecular flexibility index (Phi) is 13.9. The van der Waals surface area contributed by atoms with Gasteiger partial charge in [0.25, 0.3) is 0 Å². The zero-order chi connectivity index (χ0) is 12.8. The molecule has 1 atom stereocenters. The highest BCUT2D eigenvalue weighted by Gasteiger charge is 2.03. The van der Waals surface area contributed by atoms with E-state index in [9.17, 15) is 0 Å². The van der Waals surface area contributed by atoms with Gasteiger partial charge in [0.15, 0.2) is 0 Å². The van der Waals surface area contributed by atoms with Crippen molar-refractivity contribution in [2.24, 2.45) is 0 Å². The van der Waals surface area contributed by atoms with Crippen LogP contribution in [0.25, 0.3) is 0 Å². The van der Waals surface area contributed by atoms with Crippen LogP contribution in [0.2, 0.25) is 0 Å². The van der Waals surface area contributed by atoms with E-state index in [4.69, 9.17) is 9.84 Å². The van der Waals surface area contributed by atoms with Gasteiger partial charge in [-0.15, -0.1) is 0 Å². The van der Waals surface area contributed by atoms with Gasteiger partial charge >= 0.3 is 0 Å². The van der Waals surface area contributed by atoms with E-state index in [1.54, 1.807) is 7.11 Å². The van der Waals surface area contributed by atoms with Gasteiger partial charge in [-0.25, -0.2) is 0 Å². The topological polar surface area (TPSA) is 29.5 Å². The third kappa shape index (κ3) is 12.2. The predicted octanol–water partition coefficient (Wildman–Crippen LogP) is 4.30. The monoisotopic (exact) mass is 244 g/mol. The zero-order valence-electron chi connectivity index (χ0n) is 11.9. The fraction of sp³-hybridized carbons (Fsp3) is 1.00. The number of hydrogen-bond donors (Lipinski definition) is 1. The second-order valence-corrected chi connectivity index (χ2v) is 5.01. The average Bonchev–Trinajstić information content (AvgIpc) is 2.36. The summed E-state index contributed by atoms with van der Waals surface area (Å²) in [5, 5.41) is 8.94. The number of aliphatic hydroxyl groups excluding tert-OH is 1. The molecule has 0 aliphatic heterocycles. The van der Waals surface area contributed by atoms with Crippen molar-refractivity contribution in [3.05, 3.63) is 0 Å². The van der Waals surface area contributed by atoms with Crippen molar-refractivity contribution in [3.63, 3.8) is 0 Å². The molecule has 2 nitrogen and oxygen atoms in total. The summed E-state index contributed by atoms with van der Waals surface area (Å²) >= 11 is 0. The Labute approximate surface area is 108 Å². The van der Waals surface area contributed by atoms with E-state index in [-0.39, 0.29) is 12.7 Å². The Balaban J connectivity index is 3.03. The molecule has 0 bridgehead atoms. The molecule has 0 amide bonds. The molecule has 2 heteroatoms. The summed E-state index contributed by atoms with van der Waals surface area (Å²) in [6.07, 6.45) is 14.7. The average molecular weight is 244 g/mol. The fourth-order valence-corrected chi connectivity index (χ4v) is 2.14. The molecule has 0 aromatic carbocycles. The standard InChI is InChI=1S/C15H32O2/c1-3-4-5-6-7-8-9-10-11-12-13-15(14-16)17-2/h15-16H,3-14H2,1-2H3. The van der Waals surface area contributed by atoms with E-state index in [1.807, 2.05) is 0 Å². The SMILES string of the molecule is CCCCCCCCCCCCC(CO)OC. The van der Waals surface area contributed by atoms with E-state index in [0.717, 1.165) is 6.42 Å². The molecule has 104 valence electrons. The van der Waals surface area contributed by atoms with Crippen LogP contribution in [0.3, 0.4) is 0 Å². The maximum atomic E-state index is 8.94. The zero-order valence-corrected chi connectivity index (χ0v) is 11.9. The Bertz CT molecular complexity index is 133. The third-order valence-corrected chi connectivity index (χ3v) is 3.42. The highest BCUT2D eigenvalue weighted by Crippen LogP contribution is 2.12. The Morgan fingerprint density at radius 2 is 1.29 bits per heavy atom. The predicted molar refractivity (Wildman–Crippen MR) is 74.3 cm³/mol. The molecule has 0 heterocycles. The summed E-state index contributed by atoms with van der Waals surface area (Å²) in [4.78, 5) is 0. The molecule has 0 spiro atoms. The molecule has 1 N–H and O–H groups in total. The first-order valence-corrected chi connectivity index (χ1v) is 7.48. The van der Waals surface area contributed by atoms with Crippen LogP contribution in [0.4, 0.5) is 0 Å². The summed E-state index contributed by atoms with van der Waals surface area (Å²) in [7, 11) is 1.68. The van der Waals surface area contributed by atoms with Gasteiger partial charge in [0.2, 0.25) is 0 Å². The number of ether oxygens (including phenoxy) is 1. The fourth-order valence-electron chi connectivity index (χ4n) is 2.14. The van der Waals surface area contributed by atoms with Crippen LogP contribution in [0.15, 0.2) is 0 Å². The quantitative estimate of drug-likeness (QED) is 0.489. The number of hydrogen-bond acceptors (Lipinski definition) is 2. The largest absolute Gasteiger partial charge is 0.394 e. The molecular formula is C15H32O2. The van der Waals surface area contributed by atoms with Crippen molar-refractivity contribution >= 4 is 0 Å². The van der Waals surface area contributed by atoms with Gasteiger partial charge in [-0.3, -0.25) is 0 Å². The normalized spacial score (nSPS) is 12.9. The van der Waals surface area contributed by atoms with Gasteiger partial charge in [0.1, 0.15) is 0 Å². The van der Waals surface area contributed by atoms with Crippen LogP contribution < -0.4 is 0 Å². The molecular weight excluding hydrogens is 212 g/mol. The van der Waals surface area contributed by atoms with Gasteiger partial charge in [-0.05, 0) is 6.42 Å². The van der Waals surface area contributed by atoms with Gasteiger partial charge in [0.05, 0.1) is 12.7 Å². The van der Waals surface area contributed by atoms with Crippen LogP contribution in [-0.4, -0.2) is 24.9 Å². The van der Waals surface area contributed by atoms with Crippen LogP contribution in [0.5, 0.6) is 0 Å².